The average molecular weight is 442 g/mol. The molecule has 1 aromatic heterocycles. The first-order valence-corrected chi connectivity index (χ1v) is 10.5. The lowest BCUT2D eigenvalue weighted by Gasteiger charge is -2.24. The van der Waals surface area contributed by atoms with Gasteiger partial charge < -0.3 is 19.5 Å². The topological polar surface area (TPSA) is 76.5 Å². The number of hydrogen-bond donors (Lipinski definition) is 1. The maximum atomic E-state index is 12.7. The molecule has 1 aliphatic rings. The Hall–Kier alpha value is -3.49. The van der Waals surface area contributed by atoms with Crippen LogP contribution >= 0.6 is 0 Å². The van der Waals surface area contributed by atoms with Crippen LogP contribution in [0, 0.1) is 0 Å². The number of nitrogens with one attached hydrogen (secondary N) is 1. The Balaban J connectivity index is 1.29. The maximum Gasteiger partial charge on any atom is 0.387 e. The van der Waals surface area contributed by atoms with Gasteiger partial charge in [0, 0.05) is 26.1 Å². The number of ether oxygens (including phenoxy) is 1. The van der Waals surface area contributed by atoms with Crippen molar-refractivity contribution in [3.63, 3.8) is 0 Å². The Kier molecular flexibility index (Phi) is 6.63. The highest BCUT2D eigenvalue weighted by Crippen LogP contribution is 2.23. The van der Waals surface area contributed by atoms with Crippen molar-refractivity contribution in [2.45, 2.75) is 45.0 Å². The third-order valence-electron chi connectivity index (χ3n) is 5.53. The number of hydrogen-bond acceptors (Lipinski definition) is 4. The second-order valence-electron chi connectivity index (χ2n) is 7.67. The summed E-state index contributed by atoms with van der Waals surface area (Å²) in [5.74, 6) is -0.219. The first kappa shape index (κ1) is 21.7. The molecule has 168 valence electrons. The SMILES string of the molecule is O=C(NCCCn1cnc2ccccc21)C1CCC(=O)N1Cc1ccc(OC(F)F)cc1. The molecule has 0 saturated carbocycles. The molecule has 1 saturated heterocycles. The molecule has 1 unspecified atom stereocenters. The van der Waals surface area contributed by atoms with Crippen molar-refractivity contribution in [3.05, 3.63) is 60.4 Å². The van der Waals surface area contributed by atoms with Crippen LogP contribution in [0.5, 0.6) is 5.75 Å². The molecular weight excluding hydrogens is 418 g/mol. The van der Waals surface area contributed by atoms with E-state index in [1.54, 1.807) is 23.4 Å². The van der Waals surface area contributed by atoms with E-state index in [9.17, 15) is 18.4 Å². The van der Waals surface area contributed by atoms with E-state index < -0.39 is 12.7 Å². The minimum Gasteiger partial charge on any atom is -0.435 e. The molecule has 32 heavy (non-hydrogen) atoms. The lowest BCUT2D eigenvalue weighted by Crippen LogP contribution is -2.44. The molecule has 0 spiro atoms. The summed E-state index contributed by atoms with van der Waals surface area (Å²) in [5, 5.41) is 2.93. The van der Waals surface area contributed by atoms with Crippen molar-refractivity contribution in [3.8, 4) is 5.75 Å². The second kappa shape index (κ2) is 9.76. The quantitative estimate of drug-likeness (QED) is 0.516. The van der Waals surface area contributed by atoms with E-state index in [0.717, 1.165) is 29.6 Å². The monoisotopic (exact) mass is 442 g/mol. The lowest BCUT2D eigenvalue weighted by molar-refractivity contribution is -0.135. The van der Waals surface area contributed by atoms with Gasteiger partial charge in [0.1, 0.15) is 11.8 Å². The number of imidazole rings is 1. The zero-order valence-electron chi connectivity index (χ0n) is 17.4. The Morgan fingerprint density at radius 1 is 1.19 bits per heavy atom. The van der Waals surface area contributed by atoms with E-state index in [4.69, 9.17) is 0 Å². The zero-order valence-corrected chi connectivity index (χ0v) is 17.4. The molecule has 1 atom stereocenters. The van der Waals surface area contributed by atoms with Gasteiger partial charge in [-0.15, -0.1) is 0 Å². The number of halogens is 2. The second-order valence-corrected chi connectivity index (χ2v) is 7.67. The number of aromatic nitrogens is 2. The van der Waals surface area contributed by atoms with Crippen LogP contribution in [0.4, 0.5) is 8.78 Å². The number of carbonyl (C=O) groups is 2. The Bertz CT molecular complexity index is 1080. The van der Waals surface area contributed by atoms with Crippen molar-refractivity contribution in [1.82, 2.24) is 19.8 Å². The highest BCUT2D eigenvalue weighted by Gasteiger charge is 2.35. The van der Waals surface area contributed by atoms with Crippen LogP contribution in [0.15, 0.2) is 54.9 Å². The molecule has 3 aromatic rings. The first-order chi connectivity index (χ1) is 15.5. The van der Waals surface area contributed by atoms with Crippen LogP contribution in [-0.2, 0) is 22.7 Å². The molecule has 4 rings (SSSR count). The number of likely N-dealkylation sites (tertiary alicyclic amines) is 1. The van der Waals surface area contributed by atoms with Gasteiger partial charge >= 0.3 is 6.61 Å². The number of aryl methyl sites for hydroxylation is 1. The van der Waals surface area contributed by atoms with Crippen molar-refractivity contribution < 1.29 is 23.1 Å². The molecule has 0 radical (unpaired) electrons. The molecule has 2 amide bonds. The smallest absolute Gasteiger partial charge is 0.387 e. The van der Waals surface area contributed by atoms with Gasteiger partial charge in [0.05, 0.1) is 17.4 Å². The number of amides is 2. The summed E-state index contributed by atoms with van der Waals surface area (Å²) in [6.45, 7) is -1.43. The molecule has 2 aromatic carbocycles. The third-order valence-corrected chi connectivity index (χ3v) is 5.53. The Labute approximate surface area is 184 Å². The summed E-state index contributed by atoms with van der Waals surface area (Å²) in [6, 6.07) is 13.4. The standard InChI is InChI=1S/C23H24F2N4O3/c24-23(25)32-17-8-6-16(7-9-17)14-29-20(10-11-21(29)30)22(31)26-12-3-13-28-15-27-18-4-1-2-5-19(18)28/h1-2,4-9,15,20,23H,3,10-14H2,(H,26,31). The number of para-hydroxylation sites is 2. The third kappa shape index (κ3) is 5.04. The van der Waals surface area contributed by atoms with Crippen LogP contribution < -0.4 is 10.1 Å². The number of nitrogens with zero attached hydrogens (tertiary/aromatic N) is 3. The van der Waals surface area contributed by atoms with E-state index in [1.165, 1.54) is 12.1 Å². The van der Waals surface area contributed by atoms with E-state index >= 15 is 0 Å². The number of benzene rings is 2. The first-order valence-electron chi connectivity index (χ1n) is 10.5. The van der Waals surface area contributed by atoms with Crippen molar-refractivity contribution >= 4 is 22.8 Å². The van der Waals surface area contributed by atoms with Crippen LogP contribution in [0.2, 0.25) is 0 Å². The van der Waals surface area contributed by atoms with E-state index in [2.05, 4.69) is 15.0 Å². The van der Waals surface area contributed by atoms with Gasteiger partial charge in [-0.1, -0.05) is 24.3 Å². The lowest BCUT2D eigenvalue weighted by atomic mass is 10.1. The minimum absolute atomic E-state index is 0.0523. The molecule has 0 aliphatic carbocycles. The molecule has 2 heterocycles. The number of alkyl halides is 2. The van der Waals surface area contributed by atoms with E-state index in [-0.39, 0.29) is 24.1 Å². The number of carbonyl (C=O) groups excluding carboxylic acids is 2. The summed E-state index contributed by atoms with van der Waals surface area (Å²) < 4.78 is 31.0. The van der Waals surface area contributed by atoms with Gasteiger partial charge in [0.25, 0.3) is 0 Å². The molecule has 7 nitrogen and oxygen atoms in total. The van der Waals surface area contributed by atoms with Gasteiger partial charge in [0.2, 0.25) is 11.8 Å². The summed E-state index contributed by atoms with van der Waals surface area (Å²) in [6.07, 6.45) is 3.30. The van der Waals surface area contributed by atoms with Crippen LogP contribution in [0.1, 0.15) is 24.8 Å². The average Bonchev–Trinajstić information content (AvgIpc) is 3.36. The molecular formula is C23H24F2N4O3. The van der Waals surface area contributed by atoms with Gasteiger partial charge in [-0.25, -0.2) is 4.98 Å². The normalized spacial score (nSPS) is 16.2. The fourth-order valence-corrected chi connectivity index (χ4v) is 3.94. The van der Waals surface area contributed by atoms with Crippen molar-refractivity contribution in [2.24, 2.45) is 0 Å². The summed E-state index contributed by atoms with van der Waals surface area (Å²) in [5.41, 5.74) is 2.73. The number of rotatable bonds is 9. The molecule has 1 aliphatic heterocycles. The van der Waals surface area contributed by atoms with Crippen LogP contribution in [0.25, 0.3) is 11.0 Å². The Morgan fingerprint density at radius 3 is 2.75 bits per heavy atom. The van der Waals surface area contributed by atoms with E-state index in [1.807, 2.05) is 28.8 Å². The largest absolute Gasteiger partial charge is 0.435 e. The zero-order chi connectivity index (χ0) is 22.5. The summed E-state index contributed by atoms with van der Waals surface area (Å²) in [7, 11) is 0. The molecule has 1 fully saturated rings. The van der Waals surface area contributed by atoms with E-state index in [0.29, 0.717) is 19.4 Å². The van der Waals surface area contributed by atoms with Crippen molar-refractivity contribution in [1.29, 1.82) is 0 Å². The molecule has 0 bridgehead atoms. The fraction of sp³-hybridized carbons (Fsp3) is 0.348. The summed E-state index contributed by atoms with van der Waals surface area (Å²) in [4.78, 5) is 30.9. The maximum absolute atomic E-state index is 12.7. The van der Waals surface area contributed by atoms with Gasteiger partial charge in [0.15, 0.2) is 0 Å². The van der Waals surface area contributed by atoms with Crippen LogP contribution in [-0.4, -0.2) is 45.5 Å². The van der Waals surface area contributed by atoms with Gasteiger partial charge in [-0.2, -0.15) is 8.78 Å². The summed E-state index contributed by atoms with van der Waals surface area (Å²) >= 11 is 0. The van der Waals surface area contributed by atoms with Gasteiger partial charge in [-0.3, -0.25) is 9.59 Å². The van der Waals surface area contributed by atoms with Gasteiger partial charge in [-0.05, 0) is 42.7 Å². The predicted octanol–water partition coefficient (Wildman–Crippen LogP) is 3.34. The number of fused-ring (bicyclic) bond motifs is 1. The highest BCUT2D eigenvalue weighted by molar-refractivity contribution is 5.90. The molecule has 1 N–H and O–H groups in total. The Morgan fingerprint density at radius 2 is 1.97 bits per heavy atom. The predicted molar refractivity (Wildman–Crippen MR) is 114 cm³/mol. The van der Waals surface area contributed by atoms with Crippen LogP contribution in [0.3, 0.4) is 0 Å². The highest BCUT2D eigenvalue weighted by atomic mass is 19.3. The minimum atomic E-state index is -2.89. The van der Waals surface area contributed by atoms with Crippen molar-refractivity contribution in [2.75, 3.05) is 6.54 Å². The molecule has 9 heteroatoms. The fourth-order valence-electron chi connectivity index (χ4n) is 3.94.